The fraction of sp³-hybridized carbons (Fsp3) is 0.261. The van der Waals surface area contributed by atoms with Crippen molar-refractivity contribution in [2.24, 2.45) is 0 Å². The van der Waals surface area contributed by atoms with Gasteiger partial charge in [0.15, 0.2) is 0 Å². The summed E-state index contributed by atoms with van der Waals surface area (Å²) in [6, 6.07) is 11.8. The van der Waals surface area contributed by atoms with Gasteiger partial charge in [0.05, 0.1) is 11.4 Å². The van der Waals surface area contributed by atoms with Gasteiger partial charge in [-0.2, -0.15) is 5.26 Å². The first kappa shape index (κ1) is 22.5. The lowest BCUT2D eigenvalue weighted by Gasteiger charge is -2.30. The van der Waals surface area contributed by atoms with Gasteiger partial charge in [-0.15, -0.1) is 0 Å². The number of amides is 1. The van der Waals surface area contributed by atoms with Crippen molar-refractivity contribution >= 4 is 18.2 Å². The van der Waals surface area contributed by atoms with E-state index >= 15 is 0 Å². The van der Waals surface area contributed by atoms with Gasteiger partial charge in [-0.1, -0.05) is 13.0 Å². The van der Waals surface area contributed by atoms with Gasteiger partial charge < -0.3 is 20.3 Å². The summed E-state index contributed by atoms with van der Waals surface area (Å²) in [5, 5.41) is 16.7. The molecule has 9 heteroatoms. The molecule has 0 saturated carbocycles. The van der Waals surface area contributed by atoms with Gasteiger partial charge in [-0.05, 0) is 30.7 Å². The number of carbonyl (C=O) groups excluding carboxylic acids is 1. The number of hydrogen-bond acceptors (Lipinski definition) is 6. The maximum atomic E-state index is 12.5. The SMILES string of the molecule is CCCC(=O)N1CCc2nc(N)c(C#N)c(-c3cccn3-c3ccccn3)c2C1.O=CO. The number of aromatic nitrogens is 3. The Balaban J connectivity index is 0.000000913. The number of hydrogen-bond donors (Lipinski definition) is 2. The highest BCUT2D eigenvalue weighted by Crippen LogP contribution is 2.36. The average molecular weight is 432 g/mol. The maximum absolute atomic E-state index is 12.5. The van der Waals surface area contributed by atoms with Crippen LogP contribution in [0.15, 0.2) is 42.7 Å². The van der Waals surface area contributed by atoms with Gasteiger partial charge in [0.1, 0.15) is 23.3 Å². The summed E-state index contributed by atoms with van der Waals surface area (Å²) < 4.78 is 1.93. The minimum Gasteiger partial charge on any atom is -0.483 e. The van der Waals surface area contributed by atoms with Gasteiger partial charge in [0.25, 0.3) is 6.47 Å². The molecular formula is C23H24N6O3. The number of anilines is 1. The molecule has 4 heterocycles. The number of rotatable bonds is 4. The summed E-state index contributed by atoms with van der Waals surface area (Å²) in [6.07, 6.45) is 5.58. The van der Waals surface area contributed by atoms with Crippen LogP contribution in [-0.2, 0) is 22.6 Å². The summed E-state index contributed by atoms with van der Waals surface area (Å²) in [5.41, 5.74) is 9.79. The molecular weight excluding hydrogens is 408 g/mol. The number of nitrogens with zero attached hydrogens (tertiary/aromatic N) is 5. The second kappa shape index (κ2) is 10.2. The van der Waals surface area contributed by atoms with Gasteiger partial charge in [0, 0.05) is 49.5 Å². The van der Waals surface area contributed by atoms with Crippen molar-refractivity contribution in [2.75, 3.05) is 12.3 Å². The van der Waals surface area contributed by atoms with Crippen LogP contribution in [0.2, 0.25) is 0 Å². The summed E-state index contributed by atoms with van der Waals surface area (Å²) >= 11 is 0. The molecule has 3 N–H and O–H groups in total. The molecule has 0 saturated heterocycles. The zero-order chi connectivity index (χ0) is 23.1. The van der Waals surface area contributed by atoms with Crippen LogP contribution in [0.5, 0.6) is 0 Å². The van der Waals surface area contributed by atoms with E-state index in [4.69, 9.17) is 15.6 Å². The highest BCUT2D eigenvalue weighted by Gasteiger charge is 2.28. The number of carboxylic acid groups (broad SMARTS) is 1. The van der Waals surface area contributed by atoms with E-state index in [-0.39, 0.29) is 18.2 Å². The second-order valence-electron chi connectivity index (χ2n) is 7.16. The summed E-state index contributed by atoms with van der Waals surface area (Å²) in [4.78, 5) is 31.7. The smallest absolute Gasteiger partial charge is 0.290 e. The van der Waals surface area contributed by atoms with E-state index < -0.39 is 0 Å². The molecule has 164 valence electrons. The molecule has 0 fully saturated rings. The number of pyridine rings is 2. The molecule has 9 nitrogen and oxygen atoms in total. The quantitative estimate of drug-likeness (QED) is 0.604. The van der Waals surface area contributed by atoms with Gasteiger partial charge in [-0.25, -0.2) is 9.97 Å². The van der Waals surface area contributed by atoms with Crippen LogP contribution in [0.3, 0.4) is 0 Å². The lowest BCUT2D eigenvalue weighted by atomic mass is 9.93. The predicted molar refractivity (Wildman–Crippen MR) is 119 cm³/mol. The highest BCUT2D eigenvalue weighted by atomic mass is 16.3. The molecule has 0 radical (unpaired) electrons. The van der Waals surface area contributed by atoms with Gasteiger partial charge >= 0.3 is 0 Å². The Morgan fingerprint density at radius 1 is 1.34 bits per heavy atom. The standard InChI is InChI=1S/C22H22N6O.CH2O2/c1-2-6-20(29)27-12-9-17-16(14-27)21(15(13-23)22(24)26-17)18-7-5-11-28(18)19-8-3-4-10-25-19;2-1-3/h3-5,7-8,10-11H,2,6,9,12,14H2,1H3,(H2,24,26);1H,(H,2,3). The first-order valence-corrected chi connectivity index (χ1v) is 10.2. The molecule has 1 aliphatic heterocycles. The molecule has 4 rings (SSSR count). The molecule has 32 heavy (non-hydrogen) atoms. The van der Waals surface area contributed by atoms with Crippen LogP contribution in [0, 0.1) is 11.3 Å². The third-order valence-electron chi connectivity index (χ3n) is 5.21. The van der Waals surface area contributed by atoms with E-state index in [1.165, 1.54) is 0 Å². The molecule has 1 amide bonds. The maximum Gasteiger partial charge on any atom is 0.290 e. The zero-order valence-corrected chi connectivity index (χ0v) is 17.7. The van der Waals surface area contributed by atoms with Gasteiger partial charge in [0.2, 0.25) is 5.91 Å². The molecule has 0 aliphatic carbocycles. The number of nitriles is 1. The number of fused-ring (bicyclic) bond motifs is 1. The molecule has 0 bridgehead atoms. The fourth-order valence-corrected chi connectivity index (χ4v) is 3.84. The van der Waals surface area contributed by atoms with E-state index in [0.29, 0.717) is 31.5 Å². The van der Waals surface area contributed by atoms with E-state index in [1.807, 2.05) is 52.9 Å². The predicted octanol–water partition coefficient (Wildman–Crippen LogP) is 2.77. The Morgan fingerprint density at radius 3 is 2.78 bits per heavy atom. The van der Waals surface area contributed by atoms with Crippen LogP contribution >= 0.6 is 0 Å². The van der Waals surface area contributed by atoms with Crippen molar-refractivity contribution < 1.29 is 14.7 Å². The number of carbonyl (C=O) groups is 2. The van der Waals surface area contributed by atoms with Crippen molar-refractivity contribution in [2.45, 2.75) is 32.7 Å². The van der Waals surface area contributed by atoms with E-state index in [0.717, 1.165) is 34.8 Å². The van der Waals surface area contributed by atoms with Crippen LogP contribution in [0.25, 0.3) is 17.1 Å². The van der Waals surface area contributed by atoms with E-state index in [1.54, 1.807) is 6.20 Å². The van der Waals surface area contributed by atoms with Crippen molar-refractivity contribution in [3.8, 4) is 23.1 Å². The van der Waals surface area contributed by atoms with Crippen molar-refractivity contribution in [3.63, 3.8) is 0 Å². The molecule has 0 atom stereocenters. The monoisotopic (exact) mass is 432 g/mol. The van der Waals surface area contributed by atoms with E-state index in [2.05, 4.69) is 16.0 Å². The van der Waals surface area contributed by atoms with Crippen molar-refractivity contribution in [1.29, 1.82) is 5.26 Å². The zero-order valence-electron chi connectivity index (χ0n) is 17.7. The molecule has 1 aliphatic rings. The third-order valence-corrected chi connectivity index (χ3v) is 5.21. The lowest BCUT2D eigenvalue weighted by molar-refractivity contribution is -0.132. The van der Waals surface area contributed by atoms with Crippen LogP contribution in [-0.4, -0.2) is 43.5 Å². The largest absolute Gasteiger partial charge is 0.483 e. The highest BCUT2D eigenvalue weighted by molar-refractivity contribution is 5.81. The molecule has 0 aromatic carbocycles. The average Bonchev–Trinajstić information content (AvgIpc) is 3.28. The lowest BCUT2D eigenvalue weighted by Crippen LogP contribution is -2.36. The first-order chi connectivity index (χ1) is 15.5. The van der Waals surface area contributed by atoms with Crippen molar-refractivity contribution in [3.05, 3.63) is 59.5 Å². The van der Waals surface area contributed by atoms with Crippen LogP contribution in [0.4, 0.5) is 5.82 Å². The number of nitrogens with two attached hydrogens (primary N) is 1. The topological polar surface area (TPSA) is 138 Å². The van der Waals surface area contributed by atoms with Crippen LogP contribution in [0.1, 0.15) is 36.6 Å². The molecule has 0 spiro atoms. The minimum absolute atomic E-state index is 0.125. The van der Waals surface area contributed by atoms with Crippen molar-refractivity contribution in [1.82, 2.24) is 19.4 Å². The first-order valence-electron chi connectivity index (χ1n) is 10.2. The van der Waals surface area contributed by atoms with Gasteiger partial charge in [-0.3, -0.25) is 9.59 Å². The Morgan fingerprint density at radius 2 is 2.12 bits per heavy atom. The molecule has 0 unspecified atom stereocenters. The summed E-state index contributed by atoms with van der Waals surface area (Å²) in [6.45, 7) is 2.79. The Labute approximate surface area is 185 Å². The Bertz CT molecular complexity index is 1150. The Kier molecular flexibility index (Phi) is 7.18. The third kappa shape index (κ3) is 4.44. The minimum atomic E-state index is -0.250. The normalized spacial score (nSPS) is 12.2. The second-order valence-corrected chi connectivity index (χ2v) is 7.16. The molecule has 3 aromatic rings. The fourth-order valence-electron chi connectivity index (χ4n) is 3.84. The summed E-state index contributed by atoms with van der Waals surface area (Å²) in [7, 11) is 0. The number of nitrogen functional groups attached to an aromatic ring is 1. The van der Waals surface area contributed by atoms with E-state index in [9.17, 15) is 10.1 Å². The molecule has 3 aromatic heterocycles. The van der Waals surface area contributed by atoms with Crippen LogP contribution < -0.4 is 5.73 Å². The Hall–Kier alpha value is -4.19. The summed E-state index contributed by atoms with van der Waals surface area (Å²) in [5.74, 6) is 1.10.